The van der Waals surface area contributed by atoms with Gasteiger partial charge in [0.05, 0.1) is 44.5 Å². The molecule has 0 amide bonds. The summed E-state index contributed by atoms with van der Waals surface area (Å²) in [6.07, 6.45) is 0.219. The lowest BCUT2D eigenvalue weighted by atomic mass is 9.86. The molecule has 1 atom stereocenters. The van der Waals surface area contributed by atoms with Gasteiger partial charge in [0.1, 0.15) is 23.0 Å². The van der Waals surface area contributed by atoms with Crippen molar-refractivity contribution in [2.75, 3.05) is 40.8 Å². The summed E-state index contributed by atoms with van der Waals surface area (Å²) in [5, 5.41) is 10.1. The van der Waals surface area contributed by atoms with Gasteiger partial charge in [-0.05, 0) is 30.0 Å². The van der Waals surface area contributed by atoms with Gasteiger partial charge in [-0.25, -0.2) is 8.42 Å². The van der Waals surface area contributed by atoms with Crippen LogP contribution in [0.3, 0.4) is 0 Å². The van der Waals surface area contributed by atoms with Crippen LogP contribution in [0.2, 0.25) is 0 Å². The van der Waals surface area contributed by atoms with Crippen LogP contribution < -0.4 is 18.9 Å². The van der Waals surface area contributed by atoms with E-state index in [1.807, 2.05) is 13.8 Å². The third-order valence-corrected chi connectivity index (χ3v) is 7.46. The molecule has 7 nitrogen and oxygen atoms in total. The normalized spacial score (nSPS) is 13.2. The van der Waals surface area contributed by atoms with Crippen LogP contribution in [0.25, 0.3) is 10.8 Å². The van der Waals surface area contributed by atoms with Crippen LogP contribution in [-0.4, -0.2) is 54.3 Å². The van der Waals surface area contributed by atoms with E-state index in [1.54, 1.807) is 32.2 Å². The Bertz CT molecular complexity index is 996. The molecule has 0 radical (unpaired) electrons. The van der Waals surface area contributed by atoms with Crippen LogP contribution in [0.5, 0.6) is 23.0 Å². The minimum absolute atomic E-state index is 0.0437. The van der Waals surface area contributed by atoms with E-state index < -0.39 is 20.5 Å². The summed E-state index contributed by atoms with van der Waals surface area (Å²) in [7, 11) is 2.57. The molecule has 2 aromatic carbocycles. The molecule has 0 heterocycles. The molecular formula is C22H32O7S. The summed E-state index contributed by atoms with van der Waals surface area (Å²) in [6, 6.07) is 5.19. The molecule has 168 valence electrons. The van der Waals surface area contributed by atoms with Crippen molar-refractivity contribution in [3.8, 4) is 23.0 Å². The van der Waals surface area contributed by atoms with E-state index in [4.69, 9.17) is 18.9 Å². The van der Waals surface area contributed by atoms with E-state index in [-0.39, 0.29) is 18.8 Å². The summed E-state index contributed by atoms with van der Waals surface area (Å²) in [4.78, 5) is 0. The molecule has 0 spiro atoms. The largest absolute Gasteiger partial charge is 0.496 e. The lowest BCUT2D eigenvalue weighted by molar-refractivity contribution is 0.148. The highest BCUT2D eigenvalue weighted by atomic mass is 32.2. The highest BCUT2D eigenvalue weighted by Crippen LogP contribution is 2.50. The van der Waals surface area contributed by atoms with Gasteiger partial charge in [0.15, 0.2) is 9.84 Å². The Labute approximate surface area is 178 Å². The van der Waals surface area contributed by atoms with Crippen molar-refractivity contribution >= 4 is 20.6 Å². The van der Waals surface area contributed by atoms with Gasteiger partial charge in [-0.15, -0.1) is 0 Å². The molecule has 2 rings (SSSR count). The zero-order valence-electron chi connectivity index (χ0n) is 18.7. The molecule has 0 fully saturated rings. The minimum Gasteiger partial charge on any atom is -0.496 e. The van der Waals surface area contributed by atoms with Crippen molar-refractivity contribution < 1.29 is 32.5 Å². The maximum Gasteiger partial charge on any atom is 0.157 e. The topological polar surface area (TPSA) is 91.3 Å². The predicted molar refractivity (Wildman–Crippen MR) is 118 cm³/mol. The van der Waals surface area contributed by atoms with Crippen molar-refractivity contribution in [2.24, 2.45) is 5.41 Å². The van der Waals surface area contributed by atoms with Crippen LogP contribution in [0, 0.1) is 5.41 Å². The van der Waals surface area contributed by atoms with E-state index in [1.165, 1.54) is 21.3 Å². The fourth-order valence-electron chi connectivity index (χ4n) is 3.62. The average Bonchev–Trinajstić information content (AvgIpc) is 2.75. The number of aliphatic hydroxyl groups is 1. The summed E-state index contributed by atoms with van der Waals surface area (Å²) >= 11 is 0. The molecule has 1 unspecified atom stereocenters. The monoisotopic (exact) mass is 440 g/mol. The maximum atomic E-state index is 13.1. The number of rotatable bonds is 10. The lowest BCUT2D eigenvalue weighted by Gasteiger charge is -2.29. The van der Waals surface area contributed by atoms with Gasteiger partial charge in [0.25, 0.3) is 0 Å². The highest BCUT2D eigenvalue weighted by Gasteiger charge is 2.36. The second-order valence-electron chi connectivity index (χ2n) is 7.89. The van der Waals surface area contributed by atoms with Gasteiger partial charge in [-0.3, -0.25) is 0 Å². The van der Waals surface area contributed by atoms with Gasteiger partial charge in [-0.1, -0.05) is 20.8 Å². The second-order valence-corrected chi connectivity index (χ2v) is 10.4. The first kappa shape index (κ1) is 24.1. The average molecular weight is 441 g/mol. The van der Waals surface area contributed by atoms with Crippen LogP contribution in [0.4, 0.5) is 0 Å². The number of aliphatic hydroxyl groups excluding tert-OH is 1. The molecule has 0 aliphatic heterocycles. The van der Waals surface area contributed by atoms with Gasteiger partial charge >= 0.3 is 0 Å². The molecule has 8 heteroatoms. The number of methoxy groups -OCH3 is 4. The van der Waals surface area contributed by atoms with E-state index >= 15 is 0 Å². The molecule has 30 heavy (non-hydrogen) atoms. The fourth-order valence-corrected chi connectivity index (χ4v) is 5.29. The maximum absolute atomic E-state index is 13.1. The lowest BCUT2D eigenvalue weighted by Crippen LogP contribution is -2.26. The summed E-state index contributed by atoms with van der Waals surface area (Å²) in [5.41, 5.74) is -0.143. The fraction of sp³-hybridized carbons (Fsp3) is 0.545. The quantitative estimate of drug-likeness (QED) is 0.601. The van der Waals surface area contributed by atoms with Crippen LogP contribution in [0.15, 0.2) is 18.2 Å². The Hall–Kier alpha value is -2.19. The van der Waals surface area contributed by atoms with Crippen molar-refractivity contribution in [3.05, 3.63) is 23.8 Å². The standard InChI is InChI=1S/C22H32O7S/c1-8-30(24,25)18(12-22(2,3)13-23)14-11-17(28-6)19-15(26-4)9-10-16(27-5)20(19)21(14)29-7/h9-11,18,23H,8,12-13H2,1-7H3. The van der Waals surface area contributed by atoms with E-state index in [9.17, 15) is 13.5 Å². The van der Waals surface area contributed by atoms with Crippen LogP contribution in [-0.2, 0) is 9.84 Å². The number of fused-ring (bicyclic) bond motifs is 1. The highest BCUT2D eigenvalue weighted by molar-refractivity contribution is 7.91. The summed E-state index contributed by atoms with van der Waals surface area (Å²) < 4.78 is 48.7. The van der Waals surface area contributed by atoms with Gasteiger partial charge in [-0.2, -0.15) is 0 Å². The Morgan fingerprint density at radius 1 is 0.933 bits per heavy atom. The predicted octanol–water partition coefficient (Wildman–Crippen LogP) is 3.76. The van der Waals surface area contributed by atoms with Crippen LogP contribution in [0.1, 0.15) is 38.0 Å². The molecule has 0 saturated carbocycles. The smallest absolute Gasteiger partial charge is 0.157 e. The molecular weight excluding hydrogens is 408 g/mol. The van der Waals surface area contributed by atoms with E-state index in [2.05, 4.69) is 0 Å². The van der Waals surface area contributed by atoms with Crippen LogP contribution >= 0.6 is 0 Å². The van der Waals surface area contributed by atoms with Gasteiger partial charge in [0.2, 0.25) is 0 Å². The summed E-state index contributed by atoms with van der Waals surface area (Å²) in [6.45, 7) is 5.13. The first-order valence-electron chi connectivity index (χ1n) is 9.72. The van der Waals surface area contributed by atoms with Crippen molar-refractivity contribution in [3.63, 3.8) is 0 Å². The zero-order chi connectivity index (χ0) is 22.7. The number of hydrogen-bond donors (Lipinski definition) is 1. The zero-order valence-corrected chi connectivity index (χ0v) is 19.6. The first-order chi connectivity index (χ1) is 14.1. The van der Waals surface area contributed by atoms with Crippen molar-refractivity contribution in [1.29, 1.82) is 0 Å². The van der Waals surface area contributed by atoms with E-state index in [0.29, 0.717) is 39.3 Å². The third-order valence-electron chi connectivity index (χ3n) is 5.36. The molecule has 0 aromatic heterocycles. The Morgan fingerprint density at radius 3 is 1.90 bits per heavy atom. The Balaban J connectivity index is 3.00. The van der Waals surface area contributed by atoms with Gasteiger partial charge < -0.3 is 24.1 Å². The second kappa shape index (κ2) is 9.31. The minimum atomic E-state index is -3.54. The SMILES string of the molecule is CCS(=O)(=O)C(CC(C)(C)CO)c1cc(OC)c2c(OC)ccc(OC)c2c1OC. The third kappa shape index (κ3) is 4.44. The van der Waals surface area contributed by atoms with Crippen molar-refractivity contribution in [1.82, 2.24) is 0 Å². The number of sulfone groups is 1. The molecule has 2 aromatic rings. The molecule has 0 bridgehead atoms. The molecule has 0 aliphatic rings. The number of hydrogen-bond acceptors (Lipinski definition) is 7. The Morgan fingerprint density at radius 2 is 1.47 bits per heavy atom. The first-order valence-corrected chi connectivity index (χ1v) is 11.4. The number of benzene rings is 2. The van der Waals surface area contributed by atoms with Crippen molar-refractivity contribution in [2.45, 2.75) is 32.4 Å². The molecule has 0 saturated heterocycles. The Kier molecular flexibility index (Phi) is 7.47. The van der Waals surface area contributed by atoms with E-state index in [0.717, 1.165) is 0 Å². The van der Waals surface area contributed by atoms with Gasteiger partial charge in [0, 0.05) is 17.9 Å². The summed E-state index contributed by atoms with van der Waals surface area (Å²) in [5.74, 6) is 1.86. The molecule has 1 N–H and O–H groups in total. The molecule has 0 aliphatic carbocycles. The number of ether oxygens (including phenoxy) is 4.